The molecule has 1 aromatic carbocycles. The van der Waals surface area contributed by atoms with Gasteiger partial charge in [-0.1, -0.05) is 45.0 Å². The molecule has 3 aromatic heterocycles. The summed E-state index contributed by atoms with van der Waals surface area (Å²) in [5, 5.41) is 2.10. The highest BCUT2D eigenvalue weighted by Gasteiger charge is 2.28. The summed E-state index contributed by atoms with van der Waals surface area (Å²) in [4.78, 5) is 6.07. The first-order chi connectivity index (χ1) is 14.2. The van der Waals surface area contributed by atoms with Crippen molar-refractivity contribution in [3.63, 3.8) is 0 Å². The molecule has 0 aliphatic rings. The van der Waals surface area contributed by atoms with Gasteiger partial charge in [0.15, 0.2) is 0 Å². The molecule has 3 heterocycles. The van der Waals surface area contributed by atoms with Gasteiger partial charge >= 0.3 is 0 Å². The van der Waals surface area contributed by atoms with Gasteiger partial charge in [-0.2, -0.15) is 0 Å². The van der Waals surface area contributed by atoms with Gasteiger partial charge in [-0.05, 0) is 71.8 Å². The maximum atomic E-state index is 6.41. The van der Waals surface area contributed by atoms with Crippen LogP contribution in [-0.2, 0) is 4.43 Å². The Labute approximate surface area is 185 Å². The smallest absolute Gasteiger partial charge is 0.205 e. The number of hydrogen-bond donors (Lipinski definition) is 0. The van der Waals surface area contributed by atoms with Gasteiger partial charge in [0, 0.05) is 11.9 Å². The van der Waals surface area contributed by atoms with Gasteiger partial charge in [-0.25, -0.2) is 4.98 Å². The van der Waals surface area contributed by atoms with Crippen LogP contribution >= 0.6 is 11.3 Å². The maximum absolute atomic E-state index is 6.41. The maximum Gasteiger partial charge on any atom is 0.205 e. The van der Waals surface area contributed by atoms with Gasteiger partial charge in [-0.15, -0.1) is 11.3 Å². The Bertz CT molecular complexity index is 1160. The zero-order chi connectivity index (χ0) is 21.5. The summed E-state index contributed by atoms with van der Waals surface area (Å²) in [7, 11) is -0.804. The number of nitrogens with zero attached hydrogens (tertiary/aromatic N) is 2. The Kier molecular flexibility index (Phi) is 5.71. The van der Waals surface area contributed by atoms with E-state index in [1.165, 1.54) is 27.3 Å². The summed E-state index contributed by atoms with van der Waals surface area (Å²) < 4.78 is 8.62. The van der Waals surface area contributed by atoms with Gasteiger partial charge in [-0.3, -0.25) is 0 Å². The van der Waals surface area contributed by atoms with E-state index < -0.39 is 9.04 Å². The van der Waals surface area contributed by atoms with Gasteiger partial charge in [0.1, 0.15) is 11.3 Å². The van der Waals surface area contributed by atoms with Crippen molar-refractivity contribution in [2.75, 3.05) is 0 Å². The van der Waals surface area contributed by atoms with E-state index in [1.54, 1.807) is 11.3 Å². The van der Waals surface area contributed by atoms with Crippen molar-refractivity contribution >= 4 is 26.0 Å². The van der Waals surface area contributed by atoms with Crippen molar-refractivity contribution in [1.29, 1.82) is 0 Å². The lowest BCUT2D eigenvalue weighted by atomic mass is 9.84. The largest absolute Gasteiger partial charge is 0.410 e. The Hall–Kier alpha value is -2.21. The molecule has 155 valence electrons. The first-order valence-corrected chi connectivity index (χ1v) is 13.6. The number of aryl methyl sites for hydroxylation is 1. The summed E-state index contributed by atoms with van der Waals surface area (Å²) in [5.41, 5.74) is 6.90. The van der Waals surface area contributed by atoms with Crippen LogP contribution in [0.4, 0.5) is 0 Å². The van der Waals surface area contributed by atoms with Gasteiger partial charge in [0.05, 0.1) is 11.0 Å². The summed E-state index contributed by atoms with van der Waals surface area (Å²) in [6.45, 7) is 13.3. The highest BCUT2D eigenvalue weighted by Crippen LogP contribution is 2.38. The molecule has 3 nitrogen and oxygen atoms in total. The third-order valence-electron chi connectivity index (χ3n) is 5.27. The number of aromatic nitrogens is 2. The standard InChI is InChI=1S/C25H29N2OSSi/c1-17-23(21-11-8-14-29-21)26-22-13-12-20(16-27(17)22)18-9-7-10-19(15-18)24(25(2,3)4)28-30(5)6/h7-16,24H,1-6H3. The number of thiophene rings is 1. The van der Waals surface area contributed by atoms with Gasteiger partial charge in [0.25, 0.3) is 0 Å². The van der Waals surface area contributed by atoms with E-state index in [2.05, 4.69) is 105 Å². The monoisotopic (exact) mass is 433 g/mol. The van der Waals surface area contributed by atoms with E-state index >= 15 is 0 Å². The minimum atomic E-state index is -0.804. The molecule has 0 fully saturated rings. The van der Waals surface area contributed by atoms with Gasteiger partial charge < -0.3 is 8.83 Å². The molecular weight excluding hydrogens is 404 g/mol. The van der Waals surface area contributed by atoms with E-state index in [1.807, 2.05) is 0 Å². The summed E-state index contributed by atoms with van der Waals surface area (Å²) in [5.74, 6) is 0. The highest BCUT2D eigenvalue weighted by molar-refractivity contribution is 7.13. The second kappa shape index (κ2) is 8.14. The molecule has 0 aliphatic carbocycles. The molecule has 0 saturated carbocycles. The average molecular weight is 434 g/mol. The Morgan fingerprint density at radius 3 is 2.50 bits per heavy atom. The summed E-state index contributed by atoms with van der Waals surface area (Å²) in [6, 6.07) is 17.3. The minimum Gasteiger partial charge on any atom is -0.410 e. The molecule has 0 aliphatic heterocycles. The zero-order valence-electron chi connectivity index (χ0n) is 18.6. The van der Waals surface area contributed by atoms with Crippen LogP contribution in [0, 0.1) is 12.3 Å². The lowest BCUT2D eigenvalue weighted by Crippen LogP contribution is -2.25. The van der Waals surface area contributed by atoms with Crippen molar-refractivity contribution < 1.29 is 4.43 Å². The molecule has 1 atom stereocenters. The van der Waals surface area contributed by atoms with Crippen molar-refractivity contribution in [2.24, 2.45) is 5.41 Å². The fraction of sp³-hybridized carbons (Fsp3) is 0.320. The third-order valence-corrected chi connectivity index (χ3v) is 6.86. The molecule has 1 radical (unpaired) electrons. The lowest BCUT2D eigenvalue weighted by Gasteiger charge is -2.33. The quantitative estimate of drug-likeness (QED) is 0.307. The van der Waals surface area contributed by atoms with Crippen molar-refractivity contribution in [3.8, 4) is 21.7 Å². The Balaban J connectivity index is 1.75. The molecule has 4 aromatic rings. The topological polar surface area (TPSA) is 26.5 Å². The summed E-state index contributed by atoms with van der Waals surface area (Å²) >= 11 is 1.73. The van der Waals surface area contributed by atoms with E-state index in [4.69, 9.17) is 9.41 Å². The van der Waals surface area contributed by atoms with Crippen LogP contribution in [0.2, 0.25) is 13.1 Å². The summed E-state index contributed by atoms with van der Waals surface area (Å²) in [6.07, 6.45) is 2.29. The van der Waals surface area contributed by atoms with Crippen LogP contribution in [-0.4, -0.2) is 18.4 Å². The molecular formula is C25H29N2OSSi. The van der Waals surface area contributed by atoms with Crippen LogP contribution < -0.4 is 0 Å². The Morgan fingerprint density at radius 2 is 1.83 bits per heavy atom. The van der Waals surface area contributed by atoms with Gasteiger partial charge in [0.2, 0.25) is 9.04 Å². The van der Waals surface area contributed by atoms with E-state index in [-0.39, 0.29) is 11.5 Å². The Morgan fingerprint density at radius 1 is 1.03 bits per heavy atom. The molecule has 0 amide bonds. The number of benzene rings is 1. The van der Waals surface area contributed by atoms with E-state index in [0.717, 1.165) is 11.3 Å². The fourth-order valence-corrected chi connectivity index (χ4v) is 5.57. The number of hydrogen-bond acceptors (Lipinski definition) is 3. The normalized spacial score (nSPS) is 13.3. The molecule has 5 heteroatoms. The van der Waals surface area contributed by atoms with Crippen LogP contribution in [0.1, 0.15) is 38.1 Å². The van der Waals surface area contributed by atoms with Crippen LogP contribution in [0.15, 0.2) is 60.1 Å². The molecule has 1 unspecified atom stereocenters. The number of imidazole rings is 1. The predicted octanol–water partition coefficient (Wildman–Crippen LogP) is 7.39. The molecule has 4 rings (SSSR count). The first kappa shape index (κ1) is 21.0. The number of pyridine rings is 1. The molecule has 0 spiro atoms. The molecule has 0 saturated heterocycles. The highest BCUT2D eigenvalue weighted by atomic mass is 32.1. The molecule has 30 heavy (non-hydrogen) atoms. The van der Waals surface area contributed by atoms with Crippen LogP contribution in [0.25, 0.3) is 27.3 Å². The van der Waals surface area contributed by atoms with E-state index in [9.17, 15) is 0 Å². The second-order valence-electron chi connectivity index (χ2n) is 9.07. The van der Waals surface area contributed by atoms with Crippen molar-refractivity contribution in [3.05, 3.63) is 71.4 Å². The predicted molar refractivity (Wildman–Crippen MR) is 129 cm³/mol. The van der Waals surface area contributed by atoms with Crippen molar-refractivity contribution in [2.45, 2.75) is 46.9 Å². The number of rotatable bonds is 5. The third kappa shape index (κ3) is 4.15. The SMILES string of the molecule is Cc1c(-c2cccs2)nc2ccc(-c3cccc(C(O[Si](C)C)C(C)(C)C)c3)cn12. The lowest BCUT2D eigenvalue weighted by molar-refractivity contribution is 0.0866. The van der Waals surface area contributed by atoms with Crippen LogP contribution in [0.3, 0.4) is 0 Å². The van der Waals surface area contributed by atoms with Crippen LogP contribution in [0.5, 0.6) is 0 Å². The molecule has 0 N–H and O–H groups in total. The fourth-order valence-electron chi connectivity index (χ4n) is 3.84. The van der Waals surface area contributed by atoms with E-state index in [0.29, 0.717) is 0 Å². The minimum absolute atomic E-state index is 0.0427. The average Bonchev–Trinajstić information content (AvgIpc) is 3.33. The van der Waals surface area contributed by atoms with Crippen molar-refractivity contribution in [1.82, 2.24) is 9.38 Å². The first-order valence-electron chi connectivity index (χ1n) is 10.3. The molecule has 0 bridgehead atoms. The number of fused-ring (bicyclic) bond motifs is 1. The zero-order valence-corrected chi connectivity index (χ0v) is 20.4. The second-order valence-corrected chi connectivity index (χ2v) is 12.1.